The van der Waals surface area contributed by atoms with Gasteiger partial charge in [0.25, 0.3) is 0 Å². The number of hydrogen-bond donors (Lipinski definition) is 3. The molecule has 212 valence electrons. The maximum absolute atomic E-state index is 13.8. The molecule has 1 aromatic heterocycles. The molecule has 3 aromatic rings. The van der Waals surface area contributed by atoms with Gasteiger partial charge in [0.05, 0.1) is 42.0 Å². The van der Waals surface area contributed by atoms with Crippen LogP contribution in [0.1, 0.15) is 39.3 Å². The highest BCUT2D eigenvalue weighted by Gasteiger charge is 2.58. The largest absolute Gasteiger partial charge is 0.394 e. The lowest BCUT2D eigenvalue weighted by Crippen LogP contribution is -2.47. The lowest BCUT2D eigenvalue weighted by atomic mass is 10.1. The molecule has 0 radical (unpaired) electrons. The smallest absolute Gasteiger partial charge is 0.189 e. The minimum atomic E-state index is -3.66. The fraction of sp³-hybridized carbons (Fsp3) is 0.414. The van der Waals surface area contributed by atoms with E-state index in [1.807, 2.05) is 50.2 Å². The van der Waals surface area contributed by atoms with Gasteiger partial charge in [-0.15, -0.1) is 0 Å². The molecular formula is C29H35N5O4S2. The molecular weight excluding hydrogens is 546 g/mol. The SMILES string of the molecule is C[C@H]1COCCN1c1cc(C2(S(=O)(=O)c3ccccc3)CC2)nc(-c2ccc(NC(=S)NC(C)(C)CO)cc2)n1. The van der Waals surface area contributed by atoms with Crippen LogP contribution in [-0.4, -0.2) is 66.6 Å². The van der Waals surface area contributed by atoms with Crippen LogP contribution in [0.3, 0.4) is 0 Å². The number of ether oxygens (including phenoxy) is 1. The van der Waals surface area contributed by atoms with E-state index in [4.69, 9.17) is 26.9 Å². The van der Waals surface area contributed by atoms with Crippen molar-refractivity contribution in [1.82, 2.24) is 15.3 Å². The first-order chi connectivity index (χ1) is 19.0. The third kappa shape index (κ3) is 5.69. The number of aliphatic hydroxyl groups excluding tert-OH is 1. The van der Waals surface area contributed by atoms with Crippen molar-refractivity contribution in [1.29, 1.82) is 0 Å². The van der Waals surface area contributed by atoms with E-state index < -0.39 is 20.1 Å². The molecule has 1 atom stereocenters. The zero-order valence-corrected chi connectivity index (χ0v) is 24.6. The van der Waals surface area contributed by atoms with Gasteiger partial charge < -0.3 is 25.4 Å². The Morgan fingerprint density at radius 2 is 1.85 bits per heavy atom. The van der Waals surface area contributed by atoms with Crippen molar-refractivity contribution in [3.8, 4) is 11.4 Å². The van der Waals surface area contributed by atoms with Crippen LogP contribution < -0.4 is 15.5 Å². The van der Waals surface area contributed by atoms with E-state index in [0.29, 0.717) is 59.9 Å². The second kappa shape index (κ2) is 11.0. The molecule has 1 aliphatic heterocycles. The predicted octanol–water partition coefficient (Wildman–Crippen LogP) is 3.89. The Kier molecular flexibility index (Phi) is 7.84. The van der Waals surface area contributed by atoms with Crippen molar-refractivity contribution >= 4 is 38.7 Å². The summed E-state index contributed by atoms with van der Waals surface area (Å²) < 4.78 is 32.3. The zero-order valence-electron chi connectivity index (χ0n) is 22.9. The number of hydrogen-bond acceptors (Lipinski definition) is 8. The van der Waals surface area contributed by atoms with Crippen LogP contribution in [0.25, 0.3) is 11.4 Å². The van der Waals surface area contributed by atoms with Crippen LogP contribution in [0, 0.1) is 0 Å². The minimum absolute atomic E-state index is 0.0625. The van der Waals surface area contributed by atoms with E-state index in [0.717, 1.165) is 11.3 Å². The van der Waals surface area contributed by atoms with Crippen LogP contribution in [0.4, 0.5) is 11.5 Å². The van der Waals surface area contributed by atoms with Gasteiger partial charge in [-0.05, 0) is 82.2 Å². The summed E-state index contributed by atoms with van der Waals surface area (Å²) in [7, 11) is -3.66. The average molecular weight is 582 g/mol. The summed E-state index contributed by atoms with van der Waals surface area (Å²) in [6.45, 7) is 7.53. The molecule has 11 heteroatoms. The van der Waals surface area contributed by atoms with Crippen LogP contribution in [-0.2, 0) is 19.3 Å². The first-order valence-corrected chi connectivity index (χ1v) is 15.3. The highest BCUT2D eigenvalue weighted by Crippen LogP contribution is 2.55. The number of sulfone groups is 1. The maximum atomic E-state index is 13.8. The second-order valence-corrected chi connectivity index (χ2v) is 13.7. The van der Waals surface area contributed by atoms with Gasteiger partial charge in [0, 0.05) is 23.9 Å². The number of aliphatic hydroxyl groups is 1. The molecule has 9 nitrogen and oxygen atoms in total. The van der Waals surface area contributed by atoms with E-state index in [2.05, 4.69) is 22.5 Å². The number of rotatable bonds is 8. The first kappa shape index (κ1) is 28.4. The quantitative estimate of drug-likeness (QED) is 0.338. The molecule has 0 spiro atoms. The number of thiocarbonyl (C=S) groups is 1. The summed E-state index contributed by atoms with van der Waals surface area (Å²) in [5.74, 6) is 1.17. The van der Waals surface area contributed by atoms with Gasteiger partial charge in [0.15, 0.2) is 20.8 Å². The Bertz CT molecular complexity index is 1480. The Morgan fingerprint density at radius 1 is 1.15 bits per heavy atom. The number of anilines is 2. The number of benzene rings is 2. The zero-order chi connectivity index (χ0) is 28.5. The summed E-state index contributed by atoms with van der Waals surface area (Å²) in [4.78, 5) is 12.2. The van der Waals surface area contributed by atoms with Gasteiger partial charge in [-0.2, -0.15) is 0 Å². The Balaban J connectivity index is 1.51. The van der Waals surface area contributed by atoms with Gasteiger partial charge >= 0.3 is 0 Å². The monoisotopic (exact) mass is 581 g/mol. The van der Waals surface area contributed by atoms with E-state index in [-0.39, 0.29) is 12.6 Å². The fourth-order valence-electron chi connectivity index (χ4n) is 4.82. The van der Waals surface area contributed by atoms with Crippen LogP contribution in [0.2, 0.25) is 0 Å². The molecule has 1 aliphatic carbocycles. The average Bonchev–Trinajstić information content (AvgIpc) is 3.77. The molecule has 2 fully saturated rings. The van der Waals surface area contributed by atoms with Crippen molar-refractivity contribution < 1.29 is 18.3 Å². The van der Waals surface area contributed by atoms with Gasteiger partial charge in [0.2, 0.25) is 0 Å². The number of morpholine rings is 1. The van der Waals surface area contributed by atoms with Gasteiger partial charge in [-0.3, -0.25) is 0 Å². The highest BCUT2D eigenvalue weighted by molar-refractivity contribution is 7.92. The molecule has 0 bridgehead atoms. The van der Waals surface area contributed by atoms with Crippen LogP contribution in [0.15, 0.2) is 65.6 Å². The van der Waals surface area contributed by atoms with Crippen molar-refractivity contribution in [2.75, 3.05) is 36.6 Å². The molecule has 40 heavy (non-hydrogen) atoms. The van der Waals surface area contributed by atoms with E-state index in [1.54, 1.807) is 24.3 Å². The number of nitrogens with zero attached hydrogens (tertiary/aromatic N) is 3. The number of nitrogens with one attached hydrogen (secondary N) is 2. The Hall–Kier alpha value is -3.12. The standard InChI is InChI=1S/C29H35N5O4S2/c1-20-18-38-16-15-34(20)25-17-24(29(13-14-29)40(36,37)23-7-5-4-6-8-23)31-26(32-25)21-9-11-22(12-10-21)30-27(39)33-28(2,3)19-35/h4-12,17,20,35H,13-16,18-19H2,1-3H3,(H2,30,33,39)/t20-/m0/s1. The summed E-state index contributed by atoms with van der Waals surface area (Å²) in [5.41, 5.74) is 1.49. The van der Waals surface area contributed by atoms with Crippen LogP contribution >= 0.6 is 12.2 Å². The van der Waals surface area contributed by atoms with E-state index in [1.165, 1.54) is 0 Å². The molecule has 2 aliphatic rings. The molecule has 0 unspecified atom stereocenters. The molecule has 1 saturated carbocycles. The molecule has 1 saturated heterocycles. The summed E-state index contributed by atoms with van der Waals surface area (Å²) in [6, 6.07) is 18.1. The summed E-state index contributed by atoms with van der Waals surface area (Å²) >= 11 is 5.39. The molecule has 2 aromatic carbocycles. The Labute approximate surface area is 240 Å². The third-order valence-corrected chi connectivity index (χ3v) is 10.1. The van der Waals surface area contributed by atoms with Crippen molar-refractivity contribution in [2.24, 2.45) is 0 Å². The van der Waals surface area contributed by atoms with Crippen molar-refractivity contribution in [3.63, 3.8) is 0 Å². The summed E-state index contributed by atoms with van der Waals surface area (Å²) in [6.07, 6.45) is 1.02. The number of aromatic nitrogens is 2. The fourth-order valence-corrected chi connectivity index (χ4v) is 7.20. The Morgan fingerprint density at radius 3 is 2.48 bits per heavy atom. The molecule has 3 N–H and O–H groups in total. The normalized spacial score (nSPS) is 18.7. The maximum Gasteiger partial charge on any atom is 0.189 e. The van der Waals surface area contributed by atoms with Crippen molar-refractivity contribution in [2.45, 2.75) is 54.8 Å². The third-order valence-electron chi connectivity index (χ3n) is 7.36. The van der Waals surface area contributed by atoms with Gasteiger partial charge in [0.1, 0.15) is 10.6 Å². The highest BCUT2D eigenvalue weighted by atomic mass is 32.2. The van der Waals surface area contributed by atoms with Crippen LogP contribution in [0.5, 0.6) is 0 Å². The first-order valence-electron chi connectivity index (χ1n) is 13.4. The molecule has 0 amide bonds. The molecule has 2 heterocycles. The second-order valence-electron chi connectivity index (χ2n) is 11.1. The lowest BCUT2D eigenvalue weighted by molar-refractivity contribution is 0.0985. The topological polar surface area (TPSA) is 117 Å². The van der Waals surface area contributed by atoms with Gasteiger partial charge in [-0.1, -0.05) is 18.2 Å². The summed E-state index contributed by atoms with van der Waals surface area (Å²) in [5, 5.41) is 16.1. The predicted molar refractivity (Wildman–Crippen MR) is 160 cm³/mol. The lowest BCUT2D eigenvalue weighted by Gasteiger charge is -2.34. The molecule has 5 rings (SSSR count). The van der Waals surface area contributed by atoms with Crippen molar-refractivity contribution in [3.05, 3.63) is 66.4 Å². The van der Waals surface area contributed by atoms with Gasteiger partial charge in [-0.25, -0.2) is 18.4 Å². The van der Waals surface area contributed by atoms with E-state index >= 15 is 0 Å². The minimum Gasteiger partial charge on any atom is -0.394 e. The van der Waals surface area contributed by atoms with E-state index in [9.17, 15) is 13.5 Å².